The summed E-state index contributed by atoms with van der Waals surface area (Å²) in [4.78, 5) is 6.64. The molecule has 0 saturated carbocycles. The van der Waals surface area contributed by atoms with Crippen molar-refractivity contribution >= 4 is 34.1 Å². The number of fused-ring (bicyclic) bond motifs is 1. The number of alkyl halides is 6. The third-order valence-electron chi connectivity index (χ3n) is 2.36. The maximum absolute atomic E-state index is 12.8. The summed E-state index contributed by atoms with van der Waals surface area (Å²) in [6.45, 7) is 0. The van der Waals surface area contributed by atoms with Crippen molar-refractivity contribution in [3.8, 4) is 0 Å². The third kappa shape index (κ3) is 2.76. The highest BCUT2D eigenvalue weighted by Gasteiger charge is 2.39. The Morgan fingerprint density at radius 1 is 0.850 bits per heavy atom. The van der Waals surface area contributed by atoms with Crippen LogP contribution in [0.4, 0.5) is 26.3 Å². The van der Waals surface area contributed by atoms with Gasteiger partial charge in [-0.3, -0.25) is 0 Å². The number of rotatable bonds is 0. The lowest BCUT2D eigenvalue weighted by molar-refractivity contribution is -0.142. The van der Waals surface area contributed by atoms with E-state index in [1.54, 1.807) is 0 Å². The number of halogens is 8. The monoisotopic (exact) mass is 334 g/mol. The fourth-order valence-corrected chi connectivity index (χ4v) is 1.99. The van der Waals surface area contributed by atoms with E-state index in [4.69, 9.17) is 23.2 Å². The van der Waals surface area contributed by atoms with Crippen LogP contribution in [-0.2, 0) is 12.4 Å². The van der Waals surface area contributed by atoms with Crippen LogP contribution in [0.5, 0.6) is 0 Å². The Balaban J connectivity index is 2.93. The average Bonchev–Trinajstić information content (AvgIpc) is 2.24. The highest BCUT2D eigenvalue weighted by molar-refractivity contribution is 6.35. The number of nitrogens with zero attached hydrogens (tertiary/aromatic N) is 2. The van der Waals surface area contributed by atoms with Crippen molar-refractivity contribution < 1.29 is 26.3 Å². The van der Waals surface area contributed by atoms with Crippen molar-refractivity contribution in [3.05, 3.63) is 33.7 Å². The Hall–Kier alpha value is -1.28. The summed E-state index contributed by atoms with van der Waals surface area (Å²) in [5, 5.41) is -1.75. The average molecular weight is 335 g/mol. The molecule has 0 N–H and O–H groups in total. The van der Waals surface area contributed by atoms with Crippen molar-refractivity contribution in [2.24, 2.45) is 0 Å². The molecule has 0 aliphatic heterocycles. The lowest BCUT2D eigenvalue weighted by Gasteiger charge is -2.14. The molecule has 1 heterocycles. The van der Waals surface area contributed by atoms with Crippen molar-refractivity contribution in [2.75, 3.05) is 0 Å². The van der Waals surface area contributed by atoms with Gasteiger partial charge in [-0.15, -0.1) is 0 Å². The van der Waals surface area contributed by atoms with E-state index in [0.29, 0.717) is 6.07 Å². The van der Waals surface area contributed by atoms with Gasteiger partial charge in [0.05, 0.1) is 16.6 Å². The van der Waals surface area contributed by atoms with E-state index in [1.165, 1.54) is 0 Å². The van der Waals surface area contributed by atoms with Gasteiger partial charge in [0.15, 0.2) is 0 Å². The number of benzene rings is 1. The van der Waals surface area contributed by atoms with E-state index in [9.17, 15) is 26.3 Å². The molecule has 0 saturated heterocycles. The molecule has 0 radical (unpaired) electrons. The molecule has 1 aromatic heterocycles. The molecule has 2 aromatic rings. The van der Waals surface area contributed by atoms with Gasteiger partial charge in [-0.2, -0.15) is 26.3 Å². The van der Waals surface area contributed by atoms with Crippen LogP contribution >= 0.6 is 23.2 Å². The van der Waals surface area contributed by atoms with Gasteiger partial charge in [0.1, 0.15) is 5.15 Å². The number of aromatic nitrogens is 2. The van der Waals surface area contributed by atoms with Crippen molar-refractivity contribution in [1.82, 2.24) is 9.97 Å². The number of hydrogen-bond acceptors (Lipinski definition) is 2. The van der Waals surface area contributed by atoms with E-state index in [1.807, 2.05) is 0 Å². The minimum atomic E-state index is -5.04. The van der Waals surface area contributed by atoms with Gasteiger partial charge >= 0.3 is 12.4 Å². The Bertz CT molecular complexity index is 680. The van der Waals surface area contributed by atoms with Crippen molar-refractivity contribution in [2.45, 2.75) is 12.4 Å². The highest BCUT2D eigenvalue weighted by atomic mass is 35.5. The maximum Gasteiger partial charge on any atom is 0.418 e. The van der Waals surface area contributed by atoms with E-state index in [0.717, 1.165) is 0 Å². The summed E-state index contributed by atoms with van der Waals surface area (Å²) in [6, 6.07) is 0.408. The van der Waals surface area contributed by atoms with E-state index >= 15 is 0 Å². The van der Waals surface area contributed by atoms with Crippen LogP contribution in [0.15, 0.2) is 12.1 Å². The standard InChI is InChI=1S/C10H2Cl2F6N2/c11-7-4-1-3(9(13,14)15)2-5(10(16,17)18)6(4)19-8(12)20-7/h1-2H. The van der Waals surface area contributed by atoms with Crippen LogP contribution in [0.3, 0.4) is 0 Å². The summed E-state index contributed by atoms with van der Waals surface area (Å²) in [5.41, 5.74) is -3.85. The summed E-state index contributed by atoms with van der Waals surface area (Å²) in [7, 11) is 0. The highest BCUT2D eigenvalue weighted by Crippen LogP contribution is 2.40. The normalized spacial score (nSPS) is 13.0. The van der Waals surface area contributed by atoms with Gasteiger partial charge in [0.2, 0.25) is 5.28 Å². The molecule has 2 nitrogen and oxygen atoms in total. The molecular formula is C10H2Cl2F6N2. The van der Waals surface area contributed by atoms with Crippen molar-refractivity contribution in [1.29, 1.82) is 0 Å². The quantitative estimate of drug-likeness (QED) is 0.386. The molecule has 0 amide bonds. The minimum absolute atomic E-state index is 0.0397. The molecule has 0 unspecified atom stereocenters. The van der Waals surface area contributed by atoms with Gasteiger partial charge < -0.3 is 0 Å². The molecule has 0 aliphatic carbocycles. The van der Waals surface area contributed by atoms with E-state index in [2.05, 4.69) is 9.97 Å². The van der Waals surface area contributed by atoms with Gasteiger partial charge in [0.25, 0.3) is 0 Å². The predicted octanol–water partition coefficient (Wildman–Crippen LogP) is 4.97. The second-order valence-electron chi connectivity index (χ2n) is 3.70. The maximum atomic E-state index is 12.8. The van der Waals surface area contributed by atoms with E-state index < -0.39 is 44.8 Å². The fraction of sp³-hybridized carbons (Fsp3) is 0.200. The van der Waals surface area contributed by atoms with E-state index in [-0.39, 0.29) is 6.07 Å². The van der Waals surface area contributed by atoms with Gasteiger partial charge in [-0.25, -0.2) is 9.97 Å². The van der Waals surface area contributed by atoms with Crippen molar-refractivity contribution in [3.63, 3.8) is 0 Å². The first kappa shape index (κ1) is 15.1. The minimum Gasteiger partial charge on any atom is -0.217 e. The zero-order valence-electron chi connectivity index (χ0n) is 9.07. The molecule has 0 spiro atoms. The van der Waals surface area contributed by atoms with Crippen LogP contribution in [0.25, 0.3) is 10.9 Å². The molecule has 0 bridgehead atoms. The lowest BCUT2D eigenvalue weighted by Crippen LogP contribution is -2.12. The summed E-state index contributed by atoms with van der Waals surface area (Å²) < 4.78 is 76.4. The van der Waals surface area contributed by atoms with Crippen LogP contribution in [-0.4, -0.2) is 9.97 Å². The second-order valence-corrected chi connectivity index (χ2v) is 4.40. The van der Waals surface area contributed by atoms with Crippen LogP contribution in [0.2, 0.25) is 10.4 Å². The Labute approximate surface area is 117 Å². The van der Waals surface area contributed by atoms with Gasteiger partial charge in [-0.1, -0.05) is 11.6 Å². The van der Waals surface area contributed by atoms with Gasteiger partial charge in [0, 0.05) is 5.39 Å². The summed E-state index contributed by atoms with van der Waals surface area (Å²) in [6.07, 6.45) is -10.0. The Kier molecular flexibility index (Phi) is 3.50. The lowest BCUT2D eigenvalue weighted by atomic mass is 10.1. The molecule has 108 valence electrons. The SMILES string of the molecule is FC(F)(F)c1cc(C(F)(F)F)c2nc(Cl)nc(Cl)c2c1. The molecular weight excluding hydrogens is 333 g/mol. The second kappa shape index (κ2) is 4.63. The van der Waals surface area contributed by atoms with Crippen LogP contribution in [0.1, 0.15) is 11.1 Å². The summed E-state index contributed by atoms with van der Waals surface area (Å²) in [5.74, 6) is 0. The zero-order chi connectivity index (χ0) is 15.3. The molecule has 0 aliphatic rings. The first-order valence-electron chi connectivity index (χ1n) is 4.81. The molecule has 0 atom stereocenters. The third-order valence-corrected chi connectivity index (χ3v) is 2.82. The largest absolute Gasteiger partial charge is 0.418 e. The molecule has 1 aromatic carbocycles. The predicted molar refractivity (Wildman–Crippen MR) is 59.6 cm³/mol. The topological polar surface area (TPSA) is 25.8 Å². The number of hydrogen-bond donors (Lipinski definition) is 0. The fourth-order valence-electron chi connectivity index (χ4n) is 1.55. The molecule has 0 fully saturated rings. The Morgan fingerprint density at radius 2 is 1.45 bits per heavy atom. The smallest absolute Gasteiger partial charge is 0.217 e. The molecule has 2 rings (SSSR count). The molecule has 10 heteroatoms. The van der Waals surface area contributed by atoms with Gasteiger partial charge in [-0.05, 0) is 23.7 Å². The zero-order valence-corrected chi connectivity index (χ0v) is 10.6. The Morgan fingerprint density at radius 3 is 1.95 bits per heavy atom. The first-order chi connectivity index (χ1) is 9.00. The first-order valence-corrected chi connectivity index (χ1v) is 5.57. The molecule has 20 heavy (non-hydrogen) atoms. The summed E-state index contributed by atoms with van der Waals surface area (Å²) >= 11 is 10.9. The van der Waals surface area contributed by atoms with Crippen LogP contribution in [0, 0.1) is 0 Å². The van der Waals surface area contributed by atoms with Crippen LogP contribution < -0.4 is 0 Å².